The first-order valence-corrected chi connectivity index (χ1v) is 6.01. The molecule has 7 heteroatoms. The number of hydrogen-bond donors (Lipinski definition) is 1. The van der Waals surface area contributed by atoms with E-state index in [1.54, 1.807) is 0 Å². The van der Waals surface area contributed by atoms with Crippen LogP contribution < -0.4 is 0 Å². The number of rotatable bonds is 4. The molecule has 0 fully saturated rings. The predicted octanol–water partition coefficient (Wildman–Crippen LogP) is 0.398. The molecule has 19 heavy (non-hydrogen) atoms. The number of carboxylic acids is 1. The lowest BCUT2D eigenvalue weighted by molar-refractivity contribution is -0.132. The molecule has 1 heterocycles. The summed E-state index contributed by atoms with van der Waals surface area (Å²) in [5.41, 5.74) is 0.472. The average molecular weight is 280 g/mol. The molecule has 0 aromatic carbocycles. The van der Waals surface area contributed by atoms with Gasteiger partial charge in [0.15, 0.2) is 0 Å². The zero-order chi connectivity index (χ0) is 14.0. The summed E-state index contributed by atoms with van der Waals surface area (Å²) in [6, 6.07) is 0. The third-order valence-electron chi connectivity index (χ3n) is 2.84. The molecule has 0 saturated carbocycles. The first-order valence-electron chi connectivity index (χ1n) is 5.60. The number of aliphatic imine (C=N–C) groups is 1. The topological polar surface area (TPSA) is 79.2 Å². The van der Waals surface area contributed by atoms with E-state index in [9.17, 15) is 9.59 Å². The van der Waals surface area contributed by atoms with Crippen molar-refractivity contribution in [3.8, 4) is 0 Å². The quantitative estimate of drug-likeness (QED) is 0.754. The molecule has 0 radical (unpaired) electrons. The number of thiocarbonyl (C=S) groups is 1. The second-order valence-electron chi connectivity index (χ2n) is 4.04. The minimum Gasteiger partial charge on any atom is -0.478 e. The van der Waals surface area contributed by atoms with E-state index < -0.39 is 11.9 Å². The van der Waals surface area contributed by atoms with Crippen LogP contribution in [-0.2, 0) is 14.3 Å². The molecule has 1 amide bonds. The number of hydrogen-bond acceptors (Lipinski definition) is 4. The molecule has 2 aliphatic rings. The van der Waals surface area contributed by atoms with E-state index in [4.69, 9.17) is 22.1 Å². The highest BCUT2D eigenvalue weighted by molar-refractivity contribution is 7.80. The molecule has 1 aliphatic heterocycles. The highest BCUT2D eigenvalue weighted by Gasteiger charge is 2.34. The van der Waals surface area contributed by atoms with Gasteiger partial charge in [-0.1, -0.05) is 12.2 Å². The van der Waals surface area contributed by atoms with E-state index >= 15 is 0 Å². The van der Waals surface area contributed by atoms with E-state index in [2.05, 4.69) is 4.99 Å². The third-order valence-corrected chi connectivity index (χ3v) is 3.16. The highest BCUT2D eigenvalue weighted by Crippen LogP contribution is 2.22. The van der Waals surface area contributed by atoms with Gasteiger partial charge in [0.25, 0.3) is 0 Å². The summed E-state index contributed by atoms with van der Waals surface area (Å²) in [6.07, 6.45) is 4.32. The van der Waals surface area contributed by atoms with Crippen molar-refractivity contribution in [2.45, 2.75) is 0 Å². The number of carbonyl (C=O) groups excluding carboxylic acids is 1. The van der Waals surface area contributed by atoms with Crippen molar-refractivity contribution >= 4 is 34.9 Å². The number of amides is 1. The zero-order valence-corrected chi connectivity index (χ0v) is 11.0. The van der Waals surface area contributed by atoms with E-state index in [-0.39, 0.29) is 16.6 Å². The summed E-state index contributed by atoms with van der Waals surface area (Å²) in [7, 11) is 1.54. The van der Waals surface area contributed by atoms with Gasteiger partial charge in [0, 0.05) is 7.11 Å². The molecule has 1 atom stereocenters. The Kier molecular flexibility index (Phi) is 3.87. The second-order valence-corrected chi connectivity index (χ2v) is 4.41. The van der Waals surface area contributed by atoms with Gasteiger partial charge in [-0.05, 0) is 18.3 Å². The molecule has 2 rings (SSSR count). The van der Waals surface area contributed by atoms with Gasteiger partial charge in [-0.25, -0.2) is 9.79 Å². The van der Waals surface area contributed by atoms with Crippen molar-refractivity contribution in [3.05, 3.63) is 23.8 Å². The number of aliphatic carboxylic acids is 1. The molecule has 1 aliphatic carbocycles. The summed E-state index contributed by atoms with van der Waals surface area (Å²) >= 11 is 5.05. The van der Waals surface area contributed by atoms with Crippen LogP contribution in [0.5, 0.6) is 0 Å². The van der Waals surface area contributed by atoms with Crippen LogP contribution in [0.2, 0.25) is 0 Å². The van der Waals surface area contributed by atoms with E-state index in [0.29, 0.717) is 18.9 Å². The lowest BCUT2D eigenvalue weighted by atomic mass is 9.92. The van der Waals surface area contributed by atoms with E-state index in [1.165, 1.54) is 30.2 Å². The Morgan fingerprint density at radius 2 is 2.37 bits per heavy atom. The summed E-state index contributed by atoms with van der Waals surface area (Å²) in [5, 5.41) is 9.05. The van der Waals surface area contributed by atoms with Crippen molar-refractivity contribution in [2.75, 3.05) is 20.3 Å². The Hall–Kier alpha value is -1.86. The number of allylic oxidation sites excluding steroid dienone is 1. The van der Waals surface area contributed by atoms with Gasteiger partial charge in [0.2, 0.25) is 11.0 Å². The largest absolute Gasteiger partial charge is 0.478 e. The first kappa shape index (κ1) is 13.6. The van der Waals surface area contributed by atoms with Crippen molar-refractivity contribution < 1.29 is 19.4 Å². The molecule has 1 N–H and O–H groups in total. The van der Waals surface area contributed by atoms with Crippen LogP contribution in [0.15, 0.2) is 28.8 Å². The standard InChI is InChI=1S/C12H12N2O4S/c1-18-5-4-14-10(15)8-3-2-7(11(16)17)6-9(8)13-12(14)19/h2-3,6,8H,4-5H2,1H3,(H,16,17). The molecular weight excluding hydrogens is 268 g/mol. The summed E-state index contributed by atoms with van der Waals surface area (Å²) in [4.78, 5) is 28.6. The first-order chi connectivity index (χ1) is 9.04. The number of ether oxygens (including phenoxy) is 1. The number of methoxy groups -OCH3 is 1. The SMILES string of the molecule is COCCN1C(=O)C2C=CC(C(=O)O)=CC2=NC1=S. The van der Waals surface area contributed by atoms with Crippen LogP contribution in [-0.4, -0.2) is 53.0 Å². The average Bonchev–Trinajstić information content (AvgIpc) is 2.37. The second kappa shape index (κ2) is 5.41. The van der Waals surface area contributed by atoms with Gasteiger partial charge in [0.1, 0.15) is 0 Å². The lowest BCUT2D eigenvalue weighted by Gasteiger charge is -2.30. The van der Waals surface area contributed by atoms with Crippen LogP contribution in [0.25, 0.3) is 0 Å². The summed E-state index contributed by atoms with van der Waals surface area (Å²) < 4.78 is 4.92. The van der Waals surface area contributed by atoms with E-state index in [0.717, 1.165) is 0 Å². The van der Waals surface area contributed by atoms with Crippen molar-refractivity contribution in [1.29, 1.82) is 0 Å². The van der Waals surface area contributed by atoms with Crippen molar-refractivity contribution in [3.63, 3.8) is 0 Å². The number of nitrogens with zero attached hydrogens (tertiary/aromatic N) is 2. The monoisotopic (exact) mass is 280 g/mol. The molecule has 0 saturated heterocycles. The Labute approximate surface area is 115 Å². The zero-order valence-electron chi connectivity index (χ0n) is 10.2. The predicted molar refractivity (Wildman–Crippen MR) is 72.0 cm³/mol. The van der Waals surface area contributed by atoms with Gasteiger partial charge in [0.05, 0.1) is 30.4 Å². The van der Waals surface area contributed by atoms with Gasteiger partial charge in [-0.2, -0.15) is 0 Å². The van der Waals surface area contributed by atoms with Gasteiger partial charge >= 0.3 is 5.97 Å². The number of carbonyl (C=O) groups is 2. The van der Waals surface area contributed by atoms with Crippen LogP contribution in [0.3, 0.4) is 0 Å². The Morgan fingerprint density at radius 3 is 3.00 bits per heavy atom. The fraction of sp³-hybridized carbons (Fsp3) is 0.333. The Balaban J connectivity index is 2.28. The number of fused-ring (bicyclic) bond motifs is 1. The molecular formula is C12H12N2O4S. The molecule has 1 unspecified atom stereocenters. The normalized spacial score (nSPS) is 21.9. The molecule has 100 valence electrons. The summed E-state index contributed by atoms with van der Waals surface area (Å²) in [6.45, 7) is 0.703. The Morgan fingerprint density at radius 1 is 1.63 bits per heavy atom. The maximum atomic E-state index is 12.2. The maximum absolute atomic E-state index is 12.2. The van der Waals surface area contributed by atoms with Crippen molar-refractivity contribution in [2.24, 2.45) is 10.9 Å². The highest BCUT2D eigenvalue weighted by atomic mass is 32.1. The van der Waals surface area contributed by atoms with Gasteiger partial charge in [-0.3, -0.25) is 9.69 Å². The van der Waals surface area contributed by atoms with Gasteiger partial charge < -0.3 is 9.84 Å². The smallest absolute Gasteiger partial charge is 0.335 e. The minimum atomic E-state index is -1.06. The molecule has 0 bridgehead atoms. The fourth-order valence-electron chi connectivity index (χ4n) is 1.86. The van der Waals surface area contributed by atoms with Gasteiger partial charge in [-0.15, -0.1) is 0 Å². The van der Waals surface area contributed by atoms with E-state index in [1.807, 2.05) is 0 Å². The van der Waals surface area contributed by atoms with Crippen LogP contribution in [0.4, 0.5) is 0 Å². The molecule has 6 nitrogen and oxygen atoms in total. The van der Waals surface area contributed by atoms with Crippen LogP contribution >= 0.6 is 12.2 Å². The molecule has 0 aromatic heterocycles. The lowest BCUT2D eigenvalue weighted by Crippen LogP contribution is -2.47. The minimum absolute atomic E-state index is 0.0935. The Bertz CT molecular complexity index is 536. The molecule has 0 spiro atoms. The fourth-order valence-corrected chi connectivity index (χ4v) is 2.15. The maximum Gasteiger partial charge on any atom is 0.335 e. The third kappa shape index (κ3) is 2.61. The molecule has 0 aromatic rings. The van der Waals surface area contributed by atoms with Crippen LogP contribution in [0, 0.1) is 5.92 Å². The van der Waals surface area contributed by atoms with Crippen molar-refractivity contribution in [1.82, 2.24) is 4.90 Å². The summed E-state index contributed by atoms with van der Waals surface area (Å²) in [5.74, 6) is -1.83. The number of carboxylic acid groups (broad SMARTS) is 1. The van der Waals surface area contributed by atoms with Crippen LogP contribution in [0.1, 0.15) is 0 Å².